The van der Waals surface area contributed by atoms with Crippen LogP contribution in [0.4, 0.5) is 0 Å². The van der Waals surface area contributed by atoms with E-state index in [2.05, 4.69) is 26.8 Å². The molecule has 0 unspecified atom stereocenters. The smallest absolute Gasteiger partial charge is 0.315 e. The van der Waals surface area contributed by atoms with Gasteiger partial charge >= 0.3 is 5.97 Å². The second-order valence-corrected chi connectivity index (χ2v) is 22.7. The minimum Gasteiger partial charge on any atom is -0.432 e. The van der Waals surface area contributed by atoms with E-state index in [0.717, 1.165) is 12.0 Å². The van der Waals surface area contributed by atoms with E-state index in [0.29, 0.717) is 38.5 Å². The van der Waals surface area contributed by atoms with Crippen molar-refractivity contribution in [2.24, 2.45) is 50.7 Å². The molecule has 384 valence electrons. The number of allylic oxidation sites excluding steroid dienone is 1. The van der Waals surface area contributed by atoms with E-state index < -0.39 is 163 Å². The van der Waals surface area contributed by atoms with Gasteiger partial charge in [-0.1, -0.05) is 46.3 Å². The summed E-state index contributed by atoms with van der Waals surface area (Å²) in [4.78, 5) is 15.4. The van der Waals surface area contributed by atoms with Gasteiger partial charge in [0.1, 0.15) is 61.0 Å². The van der Waals surface area contributed by atoms with Crippen LogP contribution in [0.5, 0.6) is 0 Å². The van der Waals surface area contributed by atoms with Crippen molar-refractivity contribution in [1.29, 1.82) is 0 Å². The molecule has 3 heterocycles. The Morgan fingerprint density at radius 2 is 1.34 bits per heavy atom. The van der Waals surface area contributed by atoms with Crippen LogP contribution in [0.25, 0.3) is 0 Å². The lowest BCUT2D eigenvalue weighted by Crippen LogP contribution is -2.70. The van der Waals surface area contributed by atoms with Crippen molar-refractivity contribution < 1.29 is 99.6 Å². The predicted molar refractivity (Wildman–Crippen MR) is 228 cm³/mol. The molecule has 67 heavy (non-hydrogen) atoms. The van der Waals surface area contributed by atoms with Crippen LogP contribution in [0.3, 0.4) is 0 Å². The van der Waals surface area contributed by atoms with E-state index in [1.54, 1.807) is 6.92 Å². The normalized spacial score (nSPS) is 56.7. The molecule has 4 saturated carbocycles. The standard InChI is InChI=1S/C47H76O20/c1-20-9-12-47(14-13-44(4)21(36(47)46(20,6)61)7-8-27-42(2)15-22(51)37(59)43(3,19-50)26(42)10-11-45(27,44)5)41(60)67-40-35(66-38-31(56)28(53)23(52)18-62-38)33(58)34(25(17-49)64-40)65-39-32(57)30(55)29(54)24(16-48)63-39/h7,20,22-40,48-59,61H,8-19H2,1-6H3/t20-,22-,23-,24-,25-,26-,27-,28-,29-,30+,31+,32-,33+,34-,35-,36-,37-,38+,39+,40+,42+,43+,44-,45-,46-,47+/m1/s1. The minimum atomic E-state index is -1.98. The van der Waals surface area contributed by atoms with Gasteiger partial charge in [0.05, 0.1) is 49.7 Å². The van der Waals surface area contributed by atoms with E-state index in [1.165, 1.54) is 0 Å². The summed E-state index contributed by atoms with van der Waals surface area (Å²) in [7, 11) is 0. The molecule has 0 radical (unpaired) electrons. The summed E-state index contributed by atoms with van der Waals surface area (Å²) in [5.74, 6) is -1.93. The largest absolute Gasteiger partial charge is 0.432 e. The highest BCUT2D eigenvalue weighted by Crippen LogP contribution is 2.76. The highest BCUT2D eigenvalue weighted by atomic mass is 16.8. The van der Waals surface area contributed by atoms with Gasteiger partial charge < -0.3 is 94.8 Å². The summed E-state index contributed by atoms with van der Waals surface area (Å²) in [5.41, 5.74) is -4.29. The number of esters is 1. The Bertz CT molecular complexity index is 1830. The molecule has 0 bridgehead atoms. The van der Waals surface area contributed by atoms with Crippen LogP contribution in [-0.2, 0) is 33.2 Å². The third kappa shape index (κ3) is 7.73. The fourth-order valence-corrected chi connectivity index (χ4v) is 15.0. The third-order valence-corrected chi connectivity index (χ3v) is 19.5. The minimum absolute atomic E-state index is 0.00604. The molecule has 0 aromatic carbocycles. The summed E-state index contributed by atoms with van der Waals surface area (Å²) >= 11 is 0. The van der Waals surface area contributed by atoms with Crippen LogP contribution >= 0.6 is 0 Å². The molecule has 5 aliphatic carbocycles. The second kappa shape index (κ2) is 18.2. The van der Waals surface area contributed by atoms with Gasteiger partial charge in [-0.15, -0.1) is 0 Å². The van der Waals surface area contributed by atoms with Gasteiger partial charge in [-0.05, 0) is 92.3 Å². The first-order valence-electron chi connectivity index (χ1n) is 24.2. The molecule has 8 aliphatic rings. The van der Waals surface area contributed by atoms with Crippen LogP contribution < -0.4 is 0 Å². The molecular weight excluding hydrogens is 884 g/mol. The maximum absolute atomic E-state index is 15.4. The molecule has 3 saturated heterocycles. The van der Waals surface area contributed by atoms with Crippen molar-refractivity contribution in [3.63, 3.8) is 0 Å². The number of hydrogen-bond acceptors (Lipinski definition) is 20. The van der Waals surface area contributed by atoms with E-state index in [4.69, 9.17) is 28.4 Å². The van der Waals surface area contributed by atoms with Crippen molar-refractivity contribution in [1.82, 2.24) is 0 Å². The summed E-state index contributed by atoms with van der Waals surface area (Å²) in [5, 5.41) is 142. The van der Waals surface area contributed by atoms with E-state index in [9.17, 15) is 66.4 Å². The zero-order chi connectivity index (χ0) is 49.1. The Labute approximate surface area is 390 Å². The monoisotopic (exact) mass is 960 g/mol. The van der Waals surface area contributed by atoms with Crippen LogP contribution in [-0.4, -0.2) is 203 Å². The first kappa shape index (κ1) is 51.8. The number of aliphatic hydroxyl groups is 13. The molecule has 0 aromatic heterocycles. The number of rotatable bonds is 9. The highest BCUT2D eigenvalue weighted by Gasteiger charge is 2.73. The van der Waals surface area contributed by atoms with Gasteiger partial charge in [0.2, 0.25) is 6.29 Å². The lowest BCUT2D eigenvalue weighted by molar-refractivity contribution is -0.378. The van der Waals surface area contributed by atoms with Crippen molar-refractivity contribution in [2.75, 3.05) is 26.4 Å². The number of aliphatic hydroxyl groups excluding tert-OH is 12. The van der Waals surface area contributed by atoms with E-state index >= 15 is 4.79 Å². The van der Waals surface area contributed by atoms with Gasteiger partial charge in [-0.3, -0.25) is 4.79 Å². The average molecular weight is 961 g/mol. The van der Waals surface area contributed by atoms with Crippen LogP contribution in [0.2, 0.25) is 0 Å². The zero-order valence-electron chi connectivity index (χ0n) is 39.3. The SMILES string of the molecule is C[C@@H]1CC[C@]2(C(=O)O[C@@H]3O[C@H](CO)[C@@H](O[C@@H]4O[C@H](CO)[C@@H](O)[C@H](O)[C@H]4O)[C@H](O)[C@H]3O[C@@H]3OC[C@@H](O)[C@@H](O)[C@@H]3O)CC[C@]3(C)C(=CC[C@@H]4[C@@]5(C)C[C@@H](O)[C@@H](O)[C@@](C)(CO)[C@@H]5CC[C@]43C)[C@@H]2[C@]1(C)O. The van der Waals surface area contributed by atoms with Crippen molar-refractivity contribution in [2.45, 2.75) is 197 Å². The number of ether oxygens (including phenoxy) is 6. The van der Waals surface area contributed by atoms with Gasteiger partial charge in [0.15, 0.2) is 18.7 Å². The number of carbonyl (C=O) groups is 1. The Kier molecular flexibility index (Phi) is 14.1. The topological polar surface area (TPSA) is 335 Å². The molecule has 0 amide bonds. The molecule has 0 aromatic rings. The molecule has 20 heteroatoms. The van der Waals surface area contributed by atoms with Crippen LogP contribution in [0, 0.1) is 50.7 Å². The fraction of sp³-hybridized carbons (Fsp3) is 0.936. The fourth-order valence-electron chi connectivity index (χ4n) is 15.0. The summed E-state index contributed by atoms with van der Waals surface area (Å²) < 4.78 is 35.5. The third-order valence-electron chi connectivity index (χ3n) is 19.5. The van der Waals surface area contributed by atoms with Gasteiger partial charge in [-0.25, -0.2) is 0 Å². The molecule has 0 spiro atoms. The molecule has 8 rings (SSSR count). The van der Waals surface area contributed by atoms with Gasteiger partial charge in [0.25, 0.3) is 0 Å². The van der Waals surface area contributed by atoms with Crippen LogP contribution in [0.15, 0.2) is 11.6 Å². The quantitative estimate of drug-likeness (QED) is 0.0853. The Balaban J connectivity index is 1.13. The molecule has 20 nitrogen and oxygen atoms in total. The summed E-state index contributed by atoms with van der Waals surface area (Å²) in [6.07, 6.45) is -20.8. The van der Waals surface area contributed by atoms with Crippen molar-refractivity contribution in [3.05, 3.63) is 11.6 Å². The average Bonchev–Trinajstić information content (AvgIpc) is 3.28. The molecule has 26 atom stereocenters. The molecule has 13 N–H and O–H groups in total. The molecule has 7 fully saturated rings. The van der Waals surface area contributed by atoms with Crippen molar-refractivity contribution >= 4 is 5.97 Å². The Morgan fingerprint density at radius 3 is 2.00 bits per heavy atom. The molecule has 3 aliphatic heterocycles. The van der Waals surface area contributed by atoms with Crippen molar-refractivity contribution in [3.8, 4) is 0 Å². The van der Waals surface area contributed by atoms with Crippen LogP contribution in [0.1, 0.15) is 92.9 Å². The first-order valence-corrected chi connectivity index (χ1v) is 24.2. The number of fused-ring (bicyclic) bond motifs is 7. The predicted octanol–water partition coefficient (Wildman–Crippen LogP) is -2.31. The Morgan fingerprint density at radius 1 is 0.701 bits per heavy atom. The Hall–Kier alpha value is -1.51. The van der Waals surface area contributed by atoms with Gasteiger partial charge in [-0.2, -0.15) is 0 Å². The van der Waals surface area contributed by atoms with Gasteiger partial charge in [0, 0.05) is 11.3 Å². The lowest BCUT2D eigenvalue weighted by atomic mass is 9.33. The van der Waals surface area contributed by atoms with E-state index in [-0.39, 0.29) is 30.8 Å². The summed E-state index contributed by atoms with van der Waals surface area (Å²) in [6, 6.07) is 0. The summed E-state index contributed by atoms with van der Waals surface area (Å²) in [6.45, 7) is 9.72. The zero-order valence-corrected chi connectivity index (χ0v) is 39.3. The maximum Gasteiger partial charge on any atom is 0.315 e. The second-order valence-electron chi connectivity index (χ2n) is 22.7. The number of carbonyl (C=O) groups excluding carboxylic acids is 1. The number of hydrogen-bond donors (Lipinski definition) is 13. The highest BCUT2D eigenvalue weighted by molar-refractivity contribution is 5.79. The van der Waals surface area contributed by atoms with E-state index in [1.807, 2.05) is 13.8 Å². The molecular formula is C47H76O20. The first-order chi connectivity index (χ1) is 31.3. The lowest BCUT2D eigenvalue weighted by Gasteiger charge is -2.72. The maximum atomic E-state index is 15.4.